The summed E-state index contributed by atoms with van der Waals surface area (Å²) in [6, 6.07) is 7.61. The highest BCUT2D eigenvalue weighted by molar-refractivity contribution is 6.62. The molecule has 1 rings (SSSR count). The minimum atomic E-state index is -0.809. The molecule has 0 spiro atoms. The molecule has 120 valence electrons. The molecule has 22 heavy (non-hydrogen) atoms. The zero-order valence-electron chi connectivity index (χ0n) is 13.2. The Morgan fingerprint density at radius 2 is 1.55 bits per heavy atom. The number of aryl methyl sites for hydroxylation is 1. The van der Waals surface area contributed by atoms with E-state index in [1.807, 2.05) is 24.3 Å². The summed E-state index contributed by atoms with van der Waals surface area (Å²) in [5, 5.41) is 3.82. The first-order valence-corrected chi connectivity index (χ1v) is 7.39. The molecule has 0 bridgehead atoms. The van der Waals surface area contributed by atoms with Crippen LogP contribution in [0.3, 0.4) is 0 Å². The molecule has 0 amide bonds. The topological polar surface area (TPSA) is 77.0 Å². The second-order valence-electron chi connectivity index (χ2n) is 4.46. The second kappa shape index (κ2) is 9.55. The van der Waals surface area contributed by atoms with Crippen LogP contribution in [-0.2, 0) is 25.5 Å². The number of hydrogen-bond acceptors (Lipinski definition) is 6. The molecule has 1 aromatic rings. The van der Waals surface area contributed by atoms with Crippen LogP contribution in [-0.4, -0.2) is 30.9 Å². The van der Waals surface area contributed by atoms with E-state index in [0.29, 0.717) is 5.69 Å². The number of hydrogen-bond donors (Lipinski definition) is 1. The van der Waals surface area contributed by atoms with Gasteiger partial charge in [0.15, 0.2) is 0 Å². The molecule has 0 aliphatic rings. The predicted octanol–water partition coefficient (Wildman–Crippen LogP) is 2.53. The third-order valence-electron chi connectivity index (χ3n) is 2.73. The van der Waals surface area contributed by atoms with E-state index in [9.17, 15) is 9.59 Å². The van der Waals surface area contributed by atoms with Crippen molar-refractivity contribution in [3.05, 3.63) is 29.8 Å². The van der Waals surface area contributed by atoms with E-state index in [2.05, 4.69) is 17.5 Å². The Bertz CT molecular complexity index is 503. The fourth-order valence-corrected chi connectivity index (χ4v) is 1.73. The molecule has 0 unspecified atom stereocenters. The van der Waals surface area contributed by atoms with E-state index in [1.54, 1.807) is 13.8 Å². The van der Waals surface area contributed by atoms with Crippen molar-refractivity contribution >= 4 is 23.3 Å². The fraction of sp³-hybridized carbons (Fsp3) is 0.438. The molecule has 0 radical (unpaired) electrons. The van der Waals surface area contributed by atoms with Crippen LogP contribution in [0.2, 0.25) is 0 Å². The summed E-state index contributed by atoms with van der Waals surface area (Å²) in [4.78, 5) is 23.5. The van der Waals surface area contributed by atoms with Crippen LogP contribution < -0.4 is 5.43 Å². The first-order valence-electron chi connectivity index (χ1n) is 7.39. The van der Waals surface area contributed by atoms with E-state index in [0.717, 1.165) is 12.8 Å². The SMILES string of the molecule is CCCc1ccc(NN=C(C(=O)OCC)C(=O)OCC)cc1. The van der Waals surface area contributed by atoms with E-state index < -0.39 is 17.7 Å². The van der Waals surface area contributed by atoms with Crippen LogP contribution in [0.4, 0.5) is 5.69 Å². The standard InChI is InChI=1S/C16H22N2O4/c1-4-7-12-8-10-13(11-9-12)17-18-14(15(19)21-5-2)16(20)22-6-3/h8-11,17H,4-7H2,1-3H3. The van der Waals surface area contributed by atoms with E-state index in [1.165, 1.54) is 5.56 Å². The first-order chi connectivity index (χ1) is 10.6. The van der Waals surface area contributed by atoms with Crippen LogP contribution in [0.25, 0.3) is 0 Å². The van der Waals surface area contributed by atoms with Crippen LogP contribution in [0, 0.1) is 0 Å². The maximum Gasteiger partial charge on any atom is 0.366 e. The summed E-state index contributed by atoms with van der Waals surface area (Å²) in [5.74, 6) is -1.62. The monoisotopic (exact) mass is 306 g/mol. The Hall–Kier alpha value is -2.37. The van der Waals surface area contributed by atoms with Crippen LogP contribution in [0.1, 0.15) is 32.8 Å². The van der Waals surface area contributed by atoms with Gasteiger partial charge in [0, 0.05) is 0 Å². The number of nitrogens with zero attached hydrogens (tertiary/aromatic N) is 1. The van der Waals surface area contributed by atoms with Crippen molar-refractivity contribution in [3.63, 3.8) is 0 Å². The maximum absolute atomic E-state index is 11.7. The average Bonchev–Trinajstić information content (AvgIpc) is 2.50. The lowest BCUT2D eigenvalue weighted by Crippen LogP contribution is -2.29. The van der Waals surface area contributed by atoms with Crippen LogP contribution in [0.15, 0.2) is 29.4 Å². The van der Waals surface area contributed by atoms with Crippen molar-refractivity contribution in [2.45, 2.75) is 33.6 Å². The molecule has 0 fully saturated rings. The molecule has 6 heteroatoms. The Balaban J connectivity index is 2.82. The minimum absolute atomic E-state index is 0.156. The summed E-state index contributed by atoms with van der Waals surface area (Å²) in [6.45, 7) is 5.73. The van der Waals surface area contributed by atoms with Crippen molar-refractivity contribution in [3.8, 4) is 0 Å². The van der Waals surface area contributed by atoms with Gasteiger partial charge in [-0.1, -0.05) is 25.5 Å². The van der Waals surface area contributed by atoms with Gasteiger partial charge in [0.2, 0.25) is 0 Å². The van der Waals surface area contributed by atoms with E-state index >= 15 is 0 Å². The number of carbonyl (C=O) groups excluding carboxylic acids is 2. The Morgan fingerprint density at radius 3 is 2.00 bits per heavy atom. The molecule has 0 heterocycles. The molecule has 0 saturated heterocycles. The van der Waals surface area contributed by atoms with Gasteiger partial charge in [-0.2, -0.15) is 5.10 Å². The van der Waals surface area contributed by atoms with Gasteiger partial charge in [0.1, 0.15) is 0 Å². The van der Waals surface area contributed by atoms with Gasteiger partial charge in [-0.25, -0.2) is 9.59 Å². The minimum Gasteiger partial charge on any atom is -0.461 e. The average molecular weight is 306 g/mol. The maximum atomic E-state index is 11.7. The van der Waals surface area contributed by atoms with Crippen LogP contribution in [0.5, 0.6) is 0 Å². The zero-order valence-corrected chi connectivity index (χ0v) is 13.2. The van der Waals surface area contributed by atoms with Gasteiger partial charge >= 0.3 is 11.9 Å². The smallest absolute Gasteiger partial charge is 0.366 e. The van der Waals surface area contributed by atoms with Crippen LogP contribution >= 0.6 is 0 Å². The lowest BCUT2D eigenvalue weighted by Gasteiger charge is -2.07. The third-order valence-corrected chi connectivity index (χ3v) is 2.73. The van der Waals surface area contributed by atoms with Gasteiger partial charge in [-0.3, -0.25) is 5.43 Å². The number of rotatable bonds is 8. The summed E-state index contributed by atoms with van der Waals surface area (Å²) < 4.78 is 9.60. The number of esters is 2. The normalized spacial score (nSPS) is 9.77. The molecule has 1 N–H and O–H groups in total. The van der Waals surface area contributed by atoms with Crippen molar-refractivity contribution in [1.29, 1.82) is 0 Å². The zero-order chi connectivity index (χ0) is 16.4. The molecule has 0 aliphatic heterocycles. The molecule has 0 saturated carbocycles. The van der Waals surface area contributed by atoms with E-state index in [-0.39, 0.29) is 13.2 Å². The lowest BCUT2D eigenvalue weighted by molar-refractivity contribution is -0.140. The lowest BCUT2D eigenvalue weighted by atomic mass is 10.1. The van der Waals surface area contributed by atoms with Gasteiger partial charge < -0.3 is 9.47 Å². The second-order valence-corrected chi connectivity index (χ2v) is 4.46. The number of benzene rings is 1. The number of nitrogens with one attached hydrogen (secondary N) is 1. The fourth-order valence-electron chi connectivity index (χ4n) is 1.73. The summed E-state index contributed by atoms with van der Waals surface area (Å²) in [5.41, 5.74) is 4.17. The molecular weight excluding hydrogens is 284 g/mol. The Morgan fingerprint density at radius 1 is 1.00 bits per heavy atom. The van der Waals surface area contributed by atoms with Gasteiger partial charge in [-0.15, -0.1) is 0 Å². The molecule has 0 atom stereocenters. The number of ether oxygens (including phenoxy) is 2. The third kappa shape index (κ3) is 5.55. The van der Waals surface area contributed by atoms with E-state index in [4.69, 9.17) is 9.47 Å². The first kappa shape index (κ1) is 17.7. The summed E-state index contributed by atoms with van der Waals surface area (Å²) >= 11 is 0. The molecule has 0 aromatic heterocycles. The van der Waals surface area contributed by atoms with Crippen molar-refractivity contribution < 1.29 is 19.1 Å². The Labute approximate surface area is 130 Å². The number of anilines is 1. The summed E-state index contributed by atoms with van der Waals surface area (Å²) in [7, 11) is 0. The van der Waals surface area contributed by atoms with Gasteiger partial charge in [0.05, 0.1) is 18.9 Å². The number of carbonyl (C=O) groups is 2. The number of hydrazone groups is 1. The molecular formula is C16H22N2O4. The highest BCUT2D eigenvalue weighted by atomic mass is 16.6. The molecule has 1 aromatic carbocycles. The predicted molar refractivity (Wildman–Crippen MR) is 84.8 cm³/mol. The summed E-state index contributed by atoms with van der Waals surface area (Å²) in [6.07, 6.45) is 2.07. The van der Waals surface area contributed by atoms with Gasteiger partial charge in [-0.05, 0) is 38.0 Å². The van der Waals surface area contributed by atoms with Crippen molar-refractivity contribution in [2.75, 3.05) is 18.6 Å². The molecule has 6 nitrogen and oxygen atoms in total. The van der Waals surface area contributed by atoms with Crippen molar-refractivity contribution in [1.82, 2.24) is 0 Å². The largest absolute Gasteiger partial charge is 0.461 e. The quantitative estimate of drug-likeness (QED) is 0.346. The molecule has 0 aliphatic carbocycles. The highest BCUT2D eigenvalue weighted by Gasteiger charge is 2.23. The Kier molecular flexibility index (Phi) is 7.67. The van der Waals surface area contributed by atoms with Crippen molar-refractivity contribution in [2.24, 2.45) is 5.10 Å². The highest BCUT2D eigenvalue weighted by Crippen LogP contribution is 2.11. The van der Waals surface area contributed by atoms with Gasteiger partial charge in [0.25, 0.3) is 5.71 Å².